The molecule has 0 N–H and O–H groups in total. The summed E-state index contributed by atoms with van der Waals surface area (Å²) < 4.78 is 64.0. The fourth-order valence-electron chi connectivity index (χ4n) is 3.07. The van der Waals surface area contributed by atoms with E-state index < -0.39 is 27.1 Å². The van der Waals surface area contributed by atoms with Gasteiger partial charge in [0.25, 0.3) is 0 Å². The molecule has 0 saturated heterocycles. The van der Waals surface area contributed by atoms with Gasteiger partial charge in [0.2, 0.25) is 0 Å². The summed E-state index contributed by atoms with van der Waals surface area (Å²) in [4.78, 5) is 0. The van der Waals surface area contributed by atoms with Crippen LogP contribution < -0.4 is 0 Å². The largest absolute Gasteiger partial charge is 0.674 e. The molecule has 0 radical (unpaired) electrons. The van der Waals surface area contributed by atoms with E-state index in [0.29, 0.717) is 0 Å². The third-order valence-electron chi connectivity index (χ3n) is 3.54. The summed E-state index contributed by atoms with van der Waals surface area (Å²) in [5.74, 6) is 0. The van der Waals surface area contributed by atoms with Gasteiger partial charge in [-0.2, -0.15) is 0 Å². The first-order valence-corrected chi connectivity index (χ1v) is 18.5. The van der Waals surface area contributed by atoms with Gasteiger partial charge in [0.15, 0.2) is 0 Å². The SMILES string of the molecule is CC(C)O[Si](OC(C)C)(OC(C)C)O[Si](OC(C)C)(OC(C)C)O[Si](OC(C)C)(OC(C)C)OC(C)C. The van der Waals surface area contributed by atoms with Crippen molar-refractivity contribution in [3.05, 3.63) is 0 Å². The van der Waals surface area contributed by atoms with Crippen molar-refractivity contribution < 1.29 is 43.6 Å². The molecule has 0 saturated carbocycles. The van der Waals surface area contributed by atoms with Gasteiger partial charge in [-0.15, -0.1) is 0 Å². The van der Waals surface area contributed by atoms with E-state index in [1.54, 1.807) is 0 Å². The summed E-state index contributed by atoms with van der Waals surface area (Å²) in [5, 5.41) is 0. The van der Waals surface area contributed by atoms with Gasteiger partial charge in [-0.25, -0.2) is 0 Å². The predicted octanol–water partition coefficient (Wildman–Crippen LogP) is 5.73. The summed E-state index contributed by atoms with van der Waals surface area (Å²) in [6, 6.07) is 0. The smallest absolute Gasteiger partial charge is 0.350 e. The standard InChI is InChI=1S/C24H56O10Si3/c1-17(2)25-35(26-18(3)4,27-19(5)6)33-37(31-23(13)14,32-24(15)16)34-36(28-20(7)8,29-21(9)10)30-22(11)12/h17-24H,1-16H3. The summed E-state index contributed by atoms with van der Waals surface area (Å²) in [5.41, 5.74) is 0. The van der Waals surface area contributed by atoms with Crippen LogP contribution in [0.3, 0.4) is 0 Å². The molecule has 0 bridgehead atoms. The Morgan fingerprint density at radius 1 is 0.243 bits per heavy atom. The summed E-state index contributed by atoms with van der Waals surface area (Å²) in [7, 11) is -12.1. The van der Waals surface area contributed by atoms with Crippen molar-refractivity contribution in [2.75, 3.05) is 0 Å². The minimum atomic E-state index is -4.22. The molecule has 0 aromatic carbocycles. The maximum Gasteiger partial charge on any atom is 0.674 e. The van der Waals surface area contributed by atoms with Crippen molar-refractivity contribution >= 4 is 27.1 Å². The fraction of sp³-hybridized carbons (Fsp3) is 1.00. The zero-order valence-electron chi connectivity index (χ0n) is 26.2. The highest BCUT2D eigenvalue weighted by Gasteiger charge is 2.68. The van der Waals surface area contributed by atoms with Gasteiger partial charge >= 0.3 is 27.1 Å². The van der Waals surface area contributed by atoms with Crippen molar-refractivity contribution in [1.82, 2.24) is 0 Å². The van der Waals surface area contributed by atoms with Gasteiger partial charge in [0, 0.05) is 48.8 Å². The predicted molar refractivity (Wildman–Crippen MR) is 149 cm³/mol. The highest BCUT2D eigenvalue weighted by molar-refractivity contribution is 6.74. The Bertz CT molecular complexity index is 511. The maximum absolute atomic E-state index is 6.72. The minimum absolute atomic E-state index is 0.276. The molecule has 0 aliphatic rings. The normalized spacial score (nSPS) is 14.3. The van der Waals surface area contributed by atoms with Crippen LogP contribution in [-0.2, 0) is 43.6 Å². The molecule has 0 atom stereocenters. The number of hydrogen-bond acceptors (Lipinski definition) is 10. The fourth-order valence-corrected chi connectivity index (χ4v) is 13.0. The lowest BCUT2D eigenvalue weighted by Gasteiger charge is -2.42. The van der Waals surface area contributed by atoms with Crippen molar-refractivity contribution in [1.29, 1.82) is 0 Å². The molecule has 13 heteroatoms. The van der Waals surface area contributed by atoms with Crippen molar-refractivity contribution in [3.63, 3.8) is 0 Å². The van der Waals surface area contributed by atoms with E-state index in [1.807, 2.05) is 111 Å². The molecule has 0 amide bonds. The van der Waals surface area contributed by atoms with Crippen LogP contribution >= 0.6 is 0 Å². The van der Waals surface area contributed by atoms with Gasteiger partial charge in [0.1, 0.15) is 0 Å². The molecule has 0 spiro atoms. The number of rotatable bonds is 20. The molecule has 10 nitrogen and oxygen atoms in total. The van der Waals surface area contributed by atoms with E-state index in [1.165, 1.54) is 0 Å². The second-order valence-electron chi connectivity index (χ2n) is 11.0. The number of hydrogen-bond donors (Lipinski definition) is 0. The molecular formula is C24H56O10Si3. The Hall–Kier alpha value is 0.251. The molecule has 0 fully saturated rings. The molecule has 0 aromatic rings. The summed E-state index contributed by atoms with van der Waals surface area (Å²) in [6.45, 7) is 30.2. The quantitative estimate of drug-likeness (QED) is 0.164. The molecule has 0 heterocycles. The Morgan fingerprint density at radius 2 is 0.378 bits per heavy atom. The van der Waals surface area contributed by atoms with Gasteiger partial charge in [-0.3, -0.25) is 0 Å². The van der Waals surface area contributed by atoms with Crippen molar-refractivity contribution in [2.24, 2.45) is 0 Å². The van der Waals surface area contributed by atoms with Crippen LogP contribution in [0.2, 0.25) is 0 Å². The lowest BCUT2D eigenvalue weighted by molar-refractivity contribution is -0.117. The first-order valence-electron chi connectivity index (χ1n) is 13.6. The molecule has 37 heavy (non-hydrogen) atoms. The Morgan fingerprint density at radius 3 is 0.514 bits per heavy atom. The molecule has 0 aromatic heterocycles. The van der Waals surface area contributed by atoms with Crippen molar-refractivity contribution in [2.45, 2.75) is 160 Å². The Balaban J connectivity index is 7.14. The van der Waals surface area contributed by atoms with E-state index in [4.69, 9.17) is 43.6 Å². The lowest BCUT2D eigenvalue weighted by Crippen LogP contribution is -2.70. The Labute approximate surface area is 230 Å². The van der Waals surface area contributed by atoms with E-state index in [0.717, 1.165) is 0 Å². The van der Waals surface area contributed by atoms with Gasteiger partial charge in [-0.1, -0.05) is 0 Å². The molecule has 0 aliphatic carbocycles. The molecule has 0 aliphatic heterocycles. The first-order chi connectivity index (χ1) is 16.7. The van der Waals surface area contributed by atoms with E-state index in [2.05, 4.69) is 0 Å². The monoisotopic (exact) mass is 588 g/mol. The topological polar surface area (TPSA) is 92.3 Å². The third-order valence-corrected chi connectivity index (χ3v) is 13.6. The van der Waals surface area contributed by atoms with Crippen LogP contribution in [0.5, 0.6) is 0 Å². The lowest BCUT2D eigenvalue weighted by atomic mass is 10.5. The second-order valence-corrected chi connectivity index (χ2v) is 17.6. The van der Waals surface area contributed by atoms with Gasteiger partial charge < -0.3 is 43.6 Å². The maximum atomic E-state index is 6.72. The molecule has 0 unspecified atom stereocenters. The van der Waals surface area contributed by atoms with E-state index >= 15 is 0 Å². The van der Waals surface area contributed by atoms with Crippen LogP contribution in [0.15, 0.2) is 0 Å². The molecular weight excluding hydrogens is 533 g/mol. The van der Waals surface area contributed by atoms with Crippen LogP contribution in [0.25, 0.3) is 0 Å². The zero-order chi connectivity index (χ0) is 29.2. The van der Waals surface area contributed by atoms with Gasteiger partial charge in [0.05, 0.1) is 0 Å². The van der Waals surface area contributed by atoms with Crippen molar-refractivity contribution in [3.8, 4) is 0 Å². The van der Waals surface area contributed by atoms with Gasteiger partial charge in [-0.05, 0) is 111 Å². The molecule has 0 rings (SSSR count). The van der Waals surface area contributed by atoms with E-state index in [9.17, 15) is 0 Å². The van der Waals surface area contributed by atoms with Crippen LogP contribution in [0.1, 0.15) is 111 Å². The van der Waals surface area contributed by atoms with E-state index in [-0.39, 0.29) is 48.8 Å². The second kappa shape index (κ2) is 16.5. The average molecular weight is 589 g/mol. The summed E-state index contributed by atoms with van der Waals surface area (Å²) in [6.07, 6.45) is -2.36. The molecule has 224 valence electrons. The highest BCUT2D eigenvalue weighted by atomic mass is 28.5. The van der Waals surface area contributed by atoms with Crippen LogP contribution in [-0.4, -0.2) is 76.0 Å². The first kappa shape index (κ1) is 37.3. The zero-order valence-corrected chi connectivity index (χ0v) is 29.2. The highest BCUT2D eigenvalue weighted by Crippen LogP contribution is 2.32. The average Bonchev–Trinajstić information content (AvgIpc) is 2.54. The van der Waals surface area contributed by atoms with Crippen LogP contribution in [0, 0.1) is 0 Å². The third kappa shape index (κ3) is 15.6. The minimum Gasteiger partial charge on any atom is -0.350 e. The van der Waals surface area contributed by atoms with Crippen LogP contribution in [0.4, 0.5) is 0 Å². The summed E-state index contributed by atoms with van der Waals surface area (Å²) >= 11 is 0. The Kier molecular flexibility index (Phi) is 16.6.